The maximum absolute atomic E-state index is 11.2. The van der Waals surface area contributed by atoms with E-state index in [2.05, 4.69) is 20.2 Å². The van der Waals surface area contributed by atoms with Crippen molar-refractivity contribution in [3.8, 4) is 0 Å². The summed E-state index contributed by atoms with van der Waals surface area (Å²) in [5.74, 6) is 1.79. The molecule has 1 aliphatic heterocycles. The SMILES string of the molecule is O=[N+]([O-])c1cnc(N2CCC[C@@H]3CCC[C@H]32)nc1NC1CC1. The molecule has 2 saturated carbocycles. The van der Waals surface area contributed by atoms with Crippen molar-refractivity contribution in [2.45, 2.75) is 57.0 Å². The molecule has 2 atom stereocenters. The molecular formula is C15H21N5O2. The number of nitrogens with zero attached hydrogens (tertiary/aromatic N) is 4. The first-order chi connectivity index (χ1) is 10.7. The summed E-state index contributed by atoms with van der Waals surface area (Å²) in [5, 5.41) is 14.4. The van der Waals surface area contributed by atoms with E-state index in [4.69, 9.17) is 0 Å². The fourth-order valence-corrected chi connectivity index (χ4v) is 3.87. The zero-order valence-electron chi connectivity index (χ0n) is 12.6. The summed E-state index contributed by atoms with van der Waals surface area (Å²) in [7, 11) is 0. The molecule has 3 aliphatic rings. The number of nitro groups is 1. The number of piperidine rings is 1. The maximum Gasteiger partial charge on any atom is 0.329 e. The van der Waals surface area contributed by atoms with Crippen LogP contribution in [0.3, 0.4) is 0 Å². The van der Waals surface area contributed by atoms with Gasteiger partial charge in [-0.15, -0.1) is 0 Å². The standard InChI is InChI=1S/C15H21N5O2/c21-20(22)13-9-16-15(18-14(13)17-11-6-7-11)19-8-2-4-10-3-1-5-12(10)19/h9-12H,1-8H2,(H,16,17,18)/t10-,12+/m0/s1. The highest BCUT2D eigenvalue weighted by atomic mass is 16.6. The van der Waals surface area contributed by atoms with Gasteiger partial charge in [0.05, 0.1) is 4.92 Å². The Balaban J connectivity index is 1.64. The number of nitrogens with one attached hydrogen (secondary N) is 1. The van der Waals surface area contributed by atoms with Gasteiger partial charge in [0.15, 0.2) is 0 Å². The predicted octanol–water partition coefficient (Wildman–Crippen LogP) is 2.73. The van der Waals surface area contributed by atoms with E-state index in [0.717, 1.165) is 31.7 Å². The third kappa shape index (κ3) is 2.48. The van der Waals surface area contributed by atoms with E-state index in [1.54, 1.807) is 0 Å². The fourth-order valence-electron chi connectivity index (χ4n) is 3.87. The Morgan fingerprint density at radius 2 is 2.05 bits per heavy atom. The molecule has 0 aromatic carbocycles. The highest BCUT2D eigenvalue weighted by Crippen LogP contribution is 2.39. The van der Waals surface area contributed by atoms with Crippen molar-refractivity contribution in [2.24, 2.45) is 5.92 Å². The van der Waals surface area contributed by atoms with E-state index in [1.165, 1.54) is 31.9 Å². The molecule has 7 nitrogen and oxygen atoms in total. The van der Waals surface area contributed by atoms with Crippen LogP contribution in [0.4, 0.5) is 17.5 Å². The molecule has 4 rings (SSSR count). The van der Waals surface area contributed by atoms with E-state index < -0.39 is 4.92 Å². The molecule has 1 aromatic rings. The van der Waals surface area contributed by atoms with Crippen molar-refractivity contribution in [3.63, 3.8) is 0 Å². The molecular weight excluding hydrogens is 282 g/mol. The molecule has 3 fully saturated rings. The molecule has 0 amide bonds. The molecule has 2 aliphatic carbocycles. The number of hydrogen-bond acceptors (Lipinski definition) is 6. The highest BCUT2D eigenvalue weighted by Gasteiger charge is 2.37. The normalized spacial score (nSPS) is 27.5. The Hall–Kier alpha value is -1.92. The summed E-state index contributed by atoms with van der Waals surface area (Å²) < 4.78 is 0. The summed E-state index contributed by atoms with van der Waals surface area (Å²) in [6.07, 6.45) is 9.69. The van der Waals surface area contributed by atoms with Crippen molar-refractivity contribution in [2.75, 3.05) is 16.8 Å². The molecule has 1 saturated heterocycles. The lowest BCUT2D eigenvalue weighted by molar-refractivity contribution is -0.384. The summed E-state index contributed by atoms with van der Waals surface area (Å²) in [6.45, 7) is 0.960. The van der Waals surface area contributed by atoms with Crippen molar-refractivity contribution < 1.29 is 4.92 Å². The van der Waals surface area contributed by atoms with Crippen LogP contribution >= 0.6 is 0 Å². The van der Waals surface area contributed by atoms with Gasteiger partial charge in [0.1, 0.15) is 6.20 Å². The Kier molecular flexibility index (Phi) is 3.35. The predicted molar refractivity (Wildman–Crippen MR) is 83.0 cm³/mol. The molecule has 0 unspecified atom stereocenters. The molecule has 118 valence electrons. The molecule has 22 heavy (non-hydrogen) atoms. The van der Waals surface area contributed by atoms with Crippen molar-refractivity contribution in [1.82, 2.24) is 9.97 Å². The number of hydrogen-bond donors (Lipinski definition) is 1. The molecule has 1 N–H and O–H groups in total. The van der Waals surface area contributed by atoms with E-state index in [0.29, 0.717) is 23.8 Å². The lowest BCUT2D eigenvalue weighted by atomic mass is 9.92. The van der Waals surface area contributed by atoms with E-state index in [9.17, 15) is 10.1 Å². The zero-order chi connectivity index (χ0) is 15.1. The number of fused-ring (bicyclic) bond motifs is 1. The minimum absolute atomic E-state index is 0.0179. The first kappa shape index (κ1) is 13.7. The Labute approximate surface area is 129 Å². The van der Waals surface area contributed by atoms with Crippen LogP contribution in [0.1, 0.15) is 44.9 Å². The quantitative estimate of drug-likeness (QED) is 0.680. The monoisotopic (exact) mass is 303 g/mol. The van der Waals surface area contributed by atoms with Gasteiger partial charge >= 0.3 is 5.69 Å². The van der Waals surface area contributed by atoms with Crippen LogP contribution in [0.25, 0.3) is 0 Å². The van der Waals surface area contributed by atoms with E-state index >= 15 is 0 Å². The Morgan fingerprint density at radius 1 is 1.23 bits per heavy atom. The molecule has 0 bridgehead atoms. The minimum Gasteiger partial charge on any atom is -0.361 e. The van der Waals surface area contributed by atoms with Gasteiger partial charge in [-0.05, 0) is 44.4 Å². The number of aromatic nitrogens is 2. The molecule has 2 heterocycles. The lowest BCUT2D eigenvalue weighted by Crippen LogP contribution is -2.43. The zero-order valence-corrected chi connectivity index (χ0v) is 12.6. The van der Waals surface area contributed by atoms with Crippen LogP contribution in [-0.4, -0.2) is 33.5 Å². The van der Waals surface area contributed by atoms with E-state index in [1.807, 2.05) is 0 Å². The Morgan fingerprint density at radius 3 is 2.82 bits per heavy atom. The second-order valence-electron chi connectivity index (χ2n) is 6.67. The van der Waals surface area contributed by atoms with Crippen molar-refractivity contribution >= 4 is 17.5 Å². The summed E-state index contributed by atoms with van der Waals surface area (Å²) in [6, 6.07) is 0.853. The van der Waals surface area contributed by atoms with Gasteiger partial charge in [0, 0.05) is 18.6 Å². The van der Waals surface area contributed by atoms with Crippen LogP contribution in [0, 0.1) is 16.0 Å². The minimum atomic E-state index is -0.400. The fraction of sp³-hybridized carbons (Fsp3) is 0.733. The topological polar surface area (TPSA) is 84.2 Å². The van der Waals surface area contributed by atoms with Crippen LogP contribution < -0.4 is 10.2 Å². The van der Waals surface area contributed by atoms with Crippen LogP contribution in [-0.2, 0) is 0 Å². The van der Waals surface area contributed by atoms with Gasteiger partial charge < -0.3 is 10.2 Å². The first-order valence-electron chi connectivity index (χ1n) is 8.27. The summed E-state index contributed by atoms with van der Waals surface area (Å²) >= 11 is 0. The van der Waals surface area contributed by atoms with E-state index in [-0.39, 0.29) is 5.69 Å². The average molecular weight is 303 g/mol. The van der Waals surface area contributed by atoms with Gasteiger partial charge in [-0.3, -0.25) is 10.1 Å². The molecule has 0 radical (unpaired) electrons. The van der Waals surface area contributed by atoms with Gasteiger partial charge in [0.25, 0.3) is 0 Å². The molecule has 0 spiro atoms. The van der Waals surface area contributed by atoms with Gasteiger partial charge in [-0.1, -0.05) is 6.42 Å². The summed E-state index contributed by atoms with van der Waals surface area (Å²) in [5.41, 5.74) is -0.0179. The van der Waals surface area contributed by atoms with Gasteiger partial charge in [-0.2, -0.15) is 4.98 Å². The lowest BCUT2D eigenvalue weighted by Gasteiger charge is -2.37. The largest absolute Gasteiger partial charge is 0.361 e. The number of rotatable bonds is 4. The van der Waals surface area contributed by atoms with Crippen molar-refractivity contribution in [1.29, 1.82) is 0 Å². The van der Waals surface area contributed by atoms with Crippen LogP contribution in [0.5, 0.6) is 0 Å². The van der Waals surface area contributed by atoms with Gasteiger partial charge in [-0.25, -0.2) is 4.98 Å². The second-order valence-corrected chi connectivity index (χ2v) is 6.67. The second kappa shape index (κ2) is 5.37. The van der Waals surface area contributed by atoms with Gasteiger partial charge in [0.2, 0.25) is 11.8 Å². The van der Waals surface area contributed by atoms with Crippen LogP contribution in [0.15, 0.2) is 6.20 Å². The maximum atomic E-state index is 11.2. The third-order valence-corrected chi connectivity index (χ3v) is 5.12. The smallest absolute Gasteiger partial charge is 0.329 e. The third-order valence-electron chi connectivity index (χ3n) is 5.12. The Bertz CT molecular complexity index is 589. The molecule has 7 heteroatoms. The summed E-state index contributed by atoms with van der Waals surface area (Å²) in [4.78, 5) is 21.9. The molecule has 1 aromatic heterocycles. The van der Waals surface area contributed by atoms with Crippen molar-refractivity contribution in [3.05, 3.63) is 16.3 Å². The number of anilines is 2. The first-order valence-corrected chi connectivity index (χ1v) is 8.27. The van der Waals surface area contributed by atoms with Crippen LogP contribution in [0.2, 0.25) is 0 Å². The average Bonchev–Trinajstić information content (AvgIpc) is 3.19. The highest BCUT2D eigenvalue weighted by molar-refractivity contribution is 5.58.